The number of hydrogen-bond donors (Lipinski definition) is 11. The summed E-state index contributed by atoms with van der Waals surface area (Å²) in [7, 11) is 0. The molecule has 102 heavy (non-hydrogen) atoms. The molecule has 3 heterocycles. The molecule has 15 atom stereocenters. The van der Waals surface area contributed by atoms with Crippen molar-refractivity contribution in [3.05, 3.63) is 0 Å². The zero-order valence-electron chi connectivity index (χ0n) is 61.6. The fourth-order valence-corrected chi connectivity index (χ4v) is 12.2. The minimum atomic E-state index is -1.22. The number of amides is 2. The summed E-state index contributed by atoms with van der Waals surface area (Å²) in [4.78, 5) is 91.0. The molecule has 3 aliphatic rings. The van der Waals surface area contributed by atoms with Crippen molar-refractivity contribution >= 4 is 40.7 Å². The number of aliphatic hydroxyl groups excluding tert-OH is 9. The van der Waals surface area contributed by atoms with Gasteiger partial charge in [0.1, 0.15) is 65.5 Å². The van der Waals surface area contributed by atoms with Crippen LogP contribution in [0.2, 0.25) is 0 Å². The Kier molecular flexibility index (Phi) is 50.8. The Morgan fingerprint density at radius 1 is 0.333 bits per heavy atom. The third-order valence-electron chi connectivity index (χ3n) is 18.9. The summed E-state index contributed by atoms with van der Waals surface area (Å²) < 4.78 is 63.6. The maximum Gasteiger partial charge on any atom is 0.222 e. The molecule has 0 bridgehead atoms. The van der Waals surface area contributed by atoms with Crippen molar-refractivity contribution in [3.63, 3.8) is 0 Å². The van der Waals surface area contributed by atoms with Gasteiger partial charge in [0, 0.05) is 146 Å². The van der Waals surface area contributed by atoms with Gasteiger partial charge in [-0.15, -0.1) is 0 Å². The van der Waals surface area contributed by atoms with Crippen LogP contribution in [0.3, 0.4) is 0 Å². The van der Waals surface area contributed by atoms with E-state index in [1.165, 1.54) is 0 Å². The van der Waals surface area contributed by atoms with Crippen molar-refractivity contribution in [1.82, 2.24) is 10.6 Å². The number of ketones is 5. The lowest BCUT2D eigenvalue weighted by Crippen LogP contribution is -2.55. The van der Waals surface area contributed by atoms with Gasteiger partial charge in [0.15, 0.2) is 18.9 Å². The van der Waals surface area contributed by atoms with E-state index in [-0.39, 0.29) is 145 Å². The largest absolute Gasteiger partial charge is 0.394 e. The van der Waals surface area contributed by atoms with Crippen molar-refractivity contribution in [2.45, 2.75) is 281 Å². The quantitative estimate of drug-likeness (QED) is 0.0389. The van der Waals surface area contributed by atoms with Gasteiger partial charge in [0.05, 0.1) is 91.0 Å². The van der Waals surface area contributed by atoms with Crippen LogP contribution >= 0.6 is 0 Å². The van der Waals surface area contributed by atoms with Crippen molar-refractivity contribution in [1.29, 1.82) is 0 Å². The van der Waals surface area contributed by atoms with Gasteiger partial charge in [-0.3, -0.25) is 33.6 Å². The van der Waals surface area contributed by atoms with Crippen molar-refractivity contribution in [2.75, 3.05) is 119 Å². The number of aliphatic hydroxyl groups is 9. The Balaban J connectivity index is 1.50. The summed E-state index contributed by atoms with van der Waals surface area (Å²) in [6, 6.07) is 0. The molecule has 3 saturated heterocycles. The first kappa shape index (κ1) is 92.7. The normalized spacial score (nSPS) is 25.8. The van der Waals surface area contributed by atoms with Gasteiger partial charge in [-0.25, -0.2) is 0 Å². The smallest absolute Gasteiger partial charge is 0.222 e. The van der Waals surface area contributed by atoms with Crippen LogP contribution in [-0.4, -0.2) is 279 Å². The number of nitrogens with one attached hydrogen (secondary N) is 2. The standard InChI is InChI=1S/C73H130N2O27/c1-5-92-42-43-93-35-17-8-13-28-58(83)44-73(48-94-39-30-56(81)24-11-6-9-22-54(79)26-14-18-36-97-70-51(2)64(86)67(89)59(45-76)100-70,49-95-40-31-57(82)25-12-7-10-23-55(80)27-15-19-37-98-71-52(3)65(87)68(90)60(46-77)101-71)50-96-41-32-63(85)75-34-21-33-74-62(84)29-16-20-38-99-72-53(4)66(88)69(91)61(47-78)102-72/h51-53,59-61,64-72,76-78,86-91H,5-50H2,1-4H3,(H,74,84)(H,75,85). The zero-order chi connectivity index (χ0) is 74.9. The molecule has 3 aliphatic heterocycles. The topological polar surface area (TPSA) is 427 Å². The molecule has 0 radical (unpaired) electrons. The molecule has 15 unspecified atom stereocenters. The van der Waals surface area contributed by atoms with Crippen LogP contribution in [0, 0.1) is 23.2 Å². The number of ether oxygens (including phenoxy) is 11. The van der Waals surface area contributed by atoms with Crippen molar-refractivity contribution < 1.29 is 132 Å². The summed E-state index contributed by atoms with van der Waals surface area (Å²) in [5.74, 6) is -1.87. The molecule has 594 valence electrons. The van der Waals surface area contributed by atoms with E-state index in [0.29, 0.717) is 161 Å². The number of Topliss-reactive ketones (excluding diaryl/α,β-unsaturated/α-hetero) is 5. The van der Waals surface area contributed by atoms with E-state index < -0.39 is 117 Å². The maximum atomic E-state index is 13.9. The Hall–Kier alpha value is -3.51. The molecule has 2 amide bonds. The van der Waals surface area contributed by atoms with Crippen LogP contribution in [-0.2, 0) is 85.7 Å². The Morgan fingerprint density at radius 3 is 1.03 bits per heavy atom. The Labute approximate surface area is 604 Å². The summed E-state index contributed by atoms with van der Waals surface area (Å²) in [6.45, 7) is 9.13. The van der Waals surface area contributed by atoms with Crippen LogP contribution in [0.5, 0.6) is 0 Å². The molecule has 0 saturated carbocycles. The average Bonchev–Trinajstić information content (AvgIpc) is 0.840. The first-order valence-electron chi connectivity index (χ1n) is 37.8. The van der Waals surface area contributed by atoms with Crippen LogP contribution in [0.1, 0.15) is 207 Å². The maximum absolute atomic E-state index is 13.9. The van der Waals surface area contributed by atoms with Gasteiger partial charge < -0.3 is 109 Å². The molecule has 3 rings (SSSR count). The first-order chi connectivity index (χ1) is 49.1. The predicted octanol–water partition coefficient (Wildman–Crippen LogP) is 3.35. The van der Waals surface area contributed by atoms with Crippen molar-refractivity contribution in [3.8, 4) is 0 Å². The van der Waals surface area contributed by atoms with E-state index >= 15 is 0 Å². The minimum Gasteiger partial charge on any atom is -0.394 e. The zero-order valence-corrected chi connectivity index (χ0v) is 61.6. The van der Waals surface area contributed by atoms with Gasteiger partial charge in [-0.05, 0) is 90.4 Å². The molecule has 0 aliphatic carbocycles. The van der Waals surface area contributed by atoms with Gasteiger partial charge in [0.2, 0.25) is 11.8 Å². The highest BCUT2D eigenvalue weighted by molar-refractivity contribution is 5.80. The number of rotatable bonds is 64. The summed E-state index contributed by atoms with van der Waals surface area (Å²) >= 11 is 0. The molecule has 0 aromatic heterocycles. The highest BCUT2D eigenvalue weighted by atomic mass is 16.7. The fraction of sp³-hybridized carbons (Fsp3) is 0.904. The summed E-state index contributed by atoms with van der Waals surface area (Å²) in [5, 5.41) is 95.2. The second-order valence-electron chi connectivity index (χ2n) is 27.8. The molecule has 29 nitrogen and oxygen atoms in total. The van der Waals surface area contributed by atoms with Crippen LogP contribution in [0.4, 0.5) is 0 Å². The van der Waals surface area contributed by atoms with Gasteiger partial charge in [-0.2, -0.15) is 0 Å². The number of unbranched alkanes of at least 4 members (excludes halogenated alkanes) is 9. The first-order valence-corrected chi connectivity index (χ1v) is 37.8. The van der Waals surface area contributed by atoms with E-state index in [4.69, 9.17) is 52.1 Å². The second-order valence-corrected chi connectivity index (χ2v) is 27.8. The molecular formula is C73H130N2O27. The lowest BCUT2D eigenvalue weighted by atomic mass is 9.84. The van der Waals surface area contributed by atoms with Crippen LogP contribution in [0.25, 0.3) is 0 Å². The third kappa shape index (κ3) is 38.8. The molecule has 11 N–H and O–H groups in total. The van der Waals surface area contributed by atoms with E-state index in [1.54, 1.807) is 20.8 Å². The van der Waals surface area contributed by atoms with E-state index in [0.717, 1.165) is 12.8 Å². The molecule has 0 aromatic rings. The number of hydrogen-bond acceptors (Lipinski definition) is 27. The number of carbonyl (C=O) groups excluding carboxylic acids is 7. The molecule has 3 fully saturated rings. The predicted molar refractivity (Wildman–Crippen MR) is 371 cm³/mol. The second kappa shape index (κ2) is 55.8. The van der Waals surface area contributed by atoms with Gasteiger partial charge >= 0.3 is 0 Å². The molecule has 0 aromatic carbocycles. The molecule has 0 spiro atoms. The highest BCUT2D eigenvalue weighted by Gasteiger charge is 2.45. The van der Waals surface area contributed by atoms with Crippen LogP contribution in [0.15, 0.2) is 0 Å². The average molecular weight is 1470 g/mol. The molecular weight excluding hydrogens is 1340 g/mol. The summed E-state index contributed by atoms with van der Waals surface area (Å²) in [6.07, 6.45) is 0.381. The van der Waals surface area contributed by atoms with Gasteiger partial charge in [-0.1, -0.05) is 40.0 Å². The van der Waals surface area contributed by atoms with Gasteiger partial charge in [0.25, 0.3) is 0 Å². The Bertz CT molecular complexity index is 2050. The lowest BCUT2D eigenvalue weighted by Gasteiger charge is -2.40. The fourth-order valence-electron chi connectivity index (χ4n) is 12.2. The monoisotopic (exact) mass is 1470 g/mol. The Morgan fingerprint density at radius 2 is 0.647 bits per heavy atom. The van der Waals surface area contributed by atoms with Crippen molar-refractivity contribution in [2.24, 2.45) is 23.2 Å². The third-order valence-corrected chi connectivity index (χ3v) is 18.9. The van der Waals surface area contributed by atoms with E-state index in [2.05, 4.69) is 10.6 Å². The van der Waals surface area contributed by atoms with E-state index in [1.807, 2.05) is 6.92 Å². The SMILES string of the molecule is CCOCCOCCCCCC(=O)CC(COCCC(=O)CCCCCC(=O)CCCCOC1OC(CO)C(O)C(O)C1C)(COCCC(=O)CCCCCC(=O)CCCCOC1OC(CO)C(O)C(O)C1C)COCCC(=O)NCCCNC(=O)CCCCOC1OC(CO)C(O)C(O)C1C. The highest BCUT2D eigenvalue weighted by Crippen LogP contribution is 2.31. The number of carbonyl (C=O) groups is 7. The minimum absolute atomic E-state index is 0.00366. The summed E-state index contributed by atoms with van der Waals surface area (Å²) in [5.41, 5.74) is -1.06. The van der Waals surface area contributed by atoms with Crippen LogP contribution < -0.4 is 10.6 Å². The lowest BCUT2D eigenvalue weighted by molar-refractivity contribution is -0.282. The molecule has 29 heteroatoms. The van der Waals surface area contributed by atoms with E-state index in [9.17, 15) is 79.5 Å².